The third kappa shape index (κ3) is 4.32. The summed E-state index contributed by atoms with van der Waals surface area (Å²) >= 11 is 0. The normalized spacial score (nSPS) is 11.5. The van der Waals surface area contributed by atoms with Gasteiger partial charge in [-0.1, -0.05) is 12.1 Å². The van der Waals surface area contributed by atoms with E-state index in [4.69, 9.17) is 5.26 Å². The fourth-order valence-electron chi connectivity index (χ4n) is 1.36. The number of hydrogen-bond donors (Lipinski definition) is 0. The van der Waals surface area contributed by atoms with Crippen LogP contribution in [0.4, 0.5) is 13.2 Å². The average molecular weight is 228 g/mol. The van der Waals surface area contributed by atoms with E-state index in [0.717, 1.165) is 5.56 Å². The predicted octanol–water partition coefficient (Wildman–Crippen LogP) is 2.55. The first-order valence-corrected chi connectivity index (χ1v) is 4.65. The molecule has 16 heavy (non-hydrogen) atoms. The Hall–Kier alpha value is -1.54. The Morgan fingerprint density at radius 1 is 1.25 bits per heavy atom. The van der Waals surface area contributed by atoms with Crippen LogP contribution in [0.5, 0.6) is 0 Å². The van der Waals surface area contributed by atoms with Crippen molar-refractivity contribution < 1.29 is 13.2 Å². The summed E-state index contributed by atoms with van der Waals surface area (Å²) in [7, 11) is 1.41. The number of hydrogen-bond acceptors (Lipinski definition) is 2. The van der Waals surface area contributed by atoms with Gasteiger partial charge in [-0.15, -0.1) is 0 Å². The maximum atomic E-state index is 12.0. The van der Waals surface area contributed by atoms with Crippen molar-refractivity contribution in [1.82, 2.24) is 4.90 Å². The molecule has 86 valence electrons. The number of nitrogens with zero attached hydrogens (tertiary/aromatic N) is 2. The summed E-state index contributed by atoms with van der Waals surface area (Å²) in [6, 6.07) is 8.46. The van der Waals surface area contributed by atoms with E-state index in [0.29, 0.717) is 5.56 Å². The second-order valence-electron chi connectivity index (χ2n) is 3.60. The summed E-state index contributed by atoms with van der Waals surface area (Å²) in [5, 5.41) is 8.55. The fraction of sp³-hybridized carbons (Fsp3) is 0.364. The van der Waals surface area contributed by atoms with Gasteiger partial charge in [-0.2, -0.15) is 18.4 Å². The summed E-state index contributed by atoms with van der Waals surface area (Å²) in [5.74, 6) is 0. The summed E-state index contributed by atoms with van der Waals surface area (Å²) in [4.78, 5) is 1.18. The largest absolute Gasteiger partial charge is 0.401 e. The molecule has 0 fully saturated rings. The lowest BCUT2D eigenvalue weighted by Crippen LogP contribution is -2.30. The number of nitriles is 1. The number of alkyl halides is 3. The monoisotopic (exact) mass is 228 g/mol. The Kier molecular flexibility index (Phi) is 3.91. The minimum atomic E-state index is -4.18. The molecule has 0 aliphatic rings. The third-order valence-corrected chi connectivity index (χ3v) is 1.98. The maximum Gasteiger partial charge on any atom is 0.401 e. The van der Waals surface area contributed by atoms with Gasteiger partial charge in [-0.25, -0.2) is 0 Å². The predicted molar refractivity (Wildman–Crippen MR) is 53.5 cm³/mol. The van der Waals surface area contributed by atoms with Crippen LogP contribution in [0.3, 0.4) is 0 Å². The van der Waals surface area contributed by atoms with Crippen LogP contribution in [-0.2, 0) is 6.54 Å². The van der Waals surface area contributed by atoms with E-state index < -0.39 is 12.7 Å². The molecule has 0 saturated heterocycles. The fourth-order valence-corrected chi connectivity index (χ4v) is 1.36. The van der Waals surface area contributed by atoms with Crippen molar-refractivity contribution in [3.63, 3.8) is 0 Å². The van der Waals surface area contributed by atoms with Gasteiger partial charge in [0.05, 0.1) is 18.2 Å². The zero-order chi connectivity index (χ0) is 12.2. The Morgan fingerprint density at radius 3 is 2.25 bits per heavy atom. The first-order valence-electron chi connectivity index (χ1n) is 4.65. The van der Waals surface area contributed by atoms with E-state index in [1.807, 2.05) is 6.07 Å². The highest BCUT2D eigenvalue weighted by atomic mass is 19.4. The highest BCUT2D eigenvalue weighted by Gasteiger charge is 2.28. The van der Waals surface area contributed by atoms with Gasteiger partial charge in [-0.3, -0.25) is 4.90 Å². The summed E-state index contributed by atoms with van der Waals surface area (Å²) in [6.45, 7) is -0.724. The molecule has 2 nitrogen and oxygen atoms in total. The minimum Gasteiger partial charge on any atom is -0.294 e. The van der Waals surface area contributed by atoms with Gasteiger partial charge in [0, 0.05) is 6.54 Å². The standard InChI is InChI=1S/C11H11F3N2/c1-16(8-11(12,13)14)7-10-4-2-9(6-15)3-5-10/h2-5H,7-8H2,1H3. The molecule has 0 unspecified atom stereocenters. The lowest BCUT2D eigenvalue weighted by atomic mass is 10.1. The second kappa shape index (κ2) is 4.99. The van der Waals surface area contributed by atoms with Crippen LogP contribution in [0.2, 0.25) is 0 Å². The van der Waals surface area contributed by atoms with Crippen molar-refractivity contribution in [2.24, 2.45) is 0 Å². The molecule has 0 amide bonds. The van der Waals surface area contributed by atoms with Gasteiger partial charge >= 0.3 is 6.18 Å². The molecule has 0 N–H and O–H groups in total. The van der Waals surface area contributed by atoms with Crippen molar-refractivity contribution >= 4 is 0 Å². The molecular formula is C11H11F3N2. The molecule has 1 rings (SSSR count). The lowest BCUT2D eigenvalue weighted by Gasteiger charge is -2.18. The van der Waals surface area contributed by atoms with Crippen molar-refractivity contribution in [1.29, 1.82) is 5.26 Å². The smallest absolute Gasteiger partial charge is 0.294 e. The zero-order valence-electron chi connectivity index (χ0n) is 8.75. The van der Waals surface area contributed by atoms with Crippen molar-refractivity contribution in [3.8, 4) is 6.07 Å². The molecule has 0 spiro atoms. The molecule has 5 heteroatoms. The maximum absolute atomic E-state index is 12.0. The highest BCUT2D eigenvalue weighted by Crippen LogP contribution is 2.17. The van der Waals surface area contributed by atoms with Gasteiger partial charge in [0.1, 0.15) is 0 Å². The van der Waals surface area contributed by atoms with E-state index in [2.05, 4.69) is 0 Å². The number of benzene rings is 1. The minimum absolute atomic E-state index is 0.214. The van der Waals surface area contributed by atoms with Crippen LogP contribution in [0, 0.1) is 11.3 Å². The molecule has 0 radical (unpaired) electrons. The van der Waals surface area contributed by atoms with E-state index in [1.54, 1.807) is 24.3 Å². The van der Waals surface area contributed by atoms with Crippen molar-refractivity contribution in [3.05, 3.63) is 35.4 Å². The van der Waals surface area contributed by atoms with Crippen LogP contribution in [0.15, 0.2) is 24.3 Å². The molecule has 1 aromatic carbocycles. The van der Waals surface area contributed by atoms with Gasteiger partial charge in [0.2, 0.25) is 0 Å². The first kappa shape index (κ1) is 12.5. The Labute approximate surface area is 91.9 Å². The Bertz CT molecular complexity index is 376. The summed E-state index contributed by atoms with van der Waals surface area (Å²) in [6.07, 6.45) is -4.18. The summed E-state index contributed by atoms with van der Waals surface area (Å²) in [5.41, 5.74) is 1.26. The van der Waals surface area contributed by atoms with Crippen LogP contribution in [0.25, 0.3) is 0 Å². The van der Waals surface area contributed by atoms with E-state index in [1.165, 1.54) is 11.9 Å². The van der Waals surface area contributed by atoms with Crippen LogP contribution in [0.1, 0.15) is 11.1 Å². The van der Waals surface area contributed by atoms with E-state index >= 15 is 0 Å². The molecule has 0 aliphatic heterocycles. The molecule has 0 aromatic heterocycles. The quantitative estimate of drug-likeness (QED) is 0.795. The van der Waals surface area contributed by atoms with E-state index in [9.17, 15) is 13.2 Å². The lowest BCUT2D eigenvalue weighted by molar-refractivity contribution is -0.144. The van der Waals surface area contributed by atoms with E-state index in [-0.39, 0.29) is 6.54 Å². The van der Waals surface area contributed by atoms with Gasteiger partial charge < -0.3 is 0 Å². The number of rotatable bonds is 3. The van der Waals surface area contributed by atoms with Crippen LogP contribution >= 0.6 is 0 Å². The van der Waals surface area contributed by atoms with Crippen LogP contribution in [-0.4, -0.2) is 24.7 Å². The van der Waals surface area contributed by atoms with Gasteiger partial charge in [-0.05, 0) is 24.7 Å². The molecule has 0 aliphatic carbocycles. The molecule has 0 saturated carbocycles. The first-order chi connectivity index (χ1) is 7.40. The van der Waals surface area contributed by atoms with Crippen molar-refractivity contribution in [2.75, 3.05) is 13.6 Å². The molecule has 0 atom stereocenters. The Balaban J connectivity index is 2.57. The highest BCUT2D eigenvalue weighted by molar-refractivity contribution is 5.31. The molecule has 0 bridgehead atoms. The molecular weight excluding hydrogens is 217 g/mol. The number of halogens is 3. The van der Waals surface area contributed by atoms with Gasteiger partial charge in [0.25, 0.3) is 0 Å². The van der Waals surface area contributed by atoms with Gasteiger partial charge in [0.15, 0.2) is 0 Å². The average Bonchev–Trinajstić information content (AvgIpc) is 2.16. The SMILES string of the molecule is CN(Cc1ccc(C#N)cc1)CC(F)(F)F. The topological polar surface area (TPSA) is 27.0 Å². The third-order valence-electron chi connectivity index (χ3n) is 1.98. The van der Waals surface area contributed by atoms with Crippen molar-refractivity contribution in [2.45, 2.75) is 12.7 Å². The molecule has 0 heterocycles. The van der Waals surface area contributed by atoms with Crippen LogP contribution < -0.4 is 0 Å². The second-order valence-corrected chi connectivity index (χ2v) is 3.60. The summed E-state index contributed by atoms with van der Waals surface area (Å²) < 4.78 is 36.1. The Morgan fingerprint density at radius 2 is 1.81 bits per heavy atom. The molecule has 1 aromatic rings. The zero-order valence-corrected chi connectivity index (χ0v) is 8.75.